The fourth-order valence-electron chi connectivity index (χ4n) is 3.90. The lowest BCUT2D eigenvalue weighted by Crippen LogP contribution is -2.39. The fraction of sp³-hybridized carbons (Fsp3) is 0.348. The molecule has 180 valence electrons. The Labute approximate surface area is 197 Å². The summed E-state index contributed by atoms with van der Waals surface area (Å²) in [5, 5.41) is 10.9. The highest BCUT2D eigenvalue weighted by Crippen LogP contribution is 2.34. The van der Waals surface area contributed by atoms with Crippen LogP contribution in [0.1, 0.15) is 31.6 Å². The predicted octanol–water partition coefficient (Wildman–Crippen LogP) is 3.28. The highest BCUT2D eigenvalue weighted by molar-refractivity contribution is 7.89. The first-order valence-electron chi connectivity index (χ1n) is 10.8. The van der Waals surface area contributed by atoms with E-state index < -0.39 is 10.0 Å². The van der Waals surface area contributed by atoms with Gasteiger partial charge in [0.25, 0.3) is 0 Å². The maximum absolute atomic E-state index is 13.4. The number of piperidine rings is 1. The molecule has 1 fully saturated rings. The third-order valence-electron chi connectivity index (χ3n) is 5.63. The zero-order valence-electron chi connectivity index (χ0n) is 19.1. The van der Waals surface area contributed by atoms with Gasteiger partial charge in [0.2, 0.25) is 27.7 Å². The molecule has 2 aromatic carbocycles. The van der Waals surface area contributed by atoms with Gasteiger partial charge in [-0.15, -0.1) is 10.2 Å². The van der Waals surface area contributed by atoms with Crippen molar-refractivity contribution >= 4 is 21.6 Å². The van der Waals surface area contributed by atoms with Gasteiger partial charge in [0.1, 0.15) is 11.5 Å². The summed E-state index contributed by atoms with van der Waals surface area (Å²) in [5.41, 5.74) is 1.05. The molecule has 2 heterocycles. The standard InChI is InChI=1S/C23H26N4O6S/c1-15(28)24-20-13-19(10-11-21(20)32-3)34(29,30)27-12-4-5-17(14-27)23-26-25-22(33-23)16-6-8-18(31-2)9-7-16/h6-11,13,17H,4-5,12,14H2,1-3H3,(H,24,28). The average molecular weight is 487 g/mol. The minimum atomic E-state index is -3.82. The topological polar surface area (TPSA) is 124 Å². The third kappa shape index (κ3) is 4.90. The van der Waals surface area contributed by atoms with Gasteiger partial charge in [-0.3, -0.25) is 4.79 Å². The van der Waals surface area contributed by atoms with E-state index in [0.717, 1.165) is 17.7 Å². The molecule has 11 heteroatoms. The highest BCUT2D eigenvalue weighted by atomic mass is 32.2. The van der Waals surface area contributed by atoms with Gasteiger partial charge in [0.15, 0.2) is 0 Å². The Bertz CT molecular complexity index is 1270. The number of hydrogen-bond acceptors (Lipinski definition) is 8. The summed E-state index contributed by atoms with van der Waals surface area (Å²) < 4.78 is 44.5. The molecule has 0 radical (unpaired) electrons. The molecule has 4 rings (SSSR count). The number of carbonyl (C=O) groups is 1. The number of carbonyl (C=O) groups excluding carboxylic acids is 1. The first-order valence-corrected chi connectivity index (χ1v) is 12.2. The molecule has 1 aliphatic rings. The minimum Gasteiger partial charge on any atom is -0.497 e. The van der Waals surface area contributed by atoms with Crippen molar-refractivity contribution in [3.05, 3.63) is 48.4 Å². The van der Waals surface area contributed by atoms with E-state index in [1.807, 2.05) is 12.1 Å². The van der Waals surface area contributed by atoms with Crippen LogP contribution < -0.4 is 14.8 Å². The quantitative estimate of drug-likeness (QED) is 0.540. The molecule has 1 N–H and O–H groups in total. The van der Waals surface area contributed by atoms with Gasteiger partial charge in [-0.25, -0.2) is 8.42 Å². The van der Waals surface area contributed by atoms with Crippen LogP contribution in [0.25, 0.3) is 11.5 Å². The van der Waals surface area contributed by atoms with Gasteiger partial charge in [0.05, 0.1) is 30.7 Å². The number of aromatic nitrogens is 2. The lowest BCUT2D eigenvalue weighted by molar-refractivity contribution is -0.114. The Kier molecular flexibility index (Phi) is 6.85. The van der Waals surface area contributed by atoms with Crippen LogP contribution in [-0.2, 0) is 14.8 Å². The zero-order chi connectivity index (χ0) is 24.3. The molecule has 0 spiro atoms. The van der Waals surface area contributed by atoms with Crippen LogP contribution in [0.4, 0.5) is 5.69 Å². The first-order chi connectivity index (χ1) is 16.3. The fourth-order valence-corrected chi connectivity index (χ4v) is 5.45. The molecule has 10 nitrogen and oxygen atoms in total. The highest BCUT2D eigenvalue weighted by Gasteiger charge is 2.33. The Morgan fingerprint density at radius 2 is 1.88 bits per heavy atom. The van der Waals surface area contributed by atoms with E-state index in [1.165, 1.54) is 36.5 Å². The van der Waals surface area contributed by atoms with Gasteiger partial charge in [0, 0.05) is 25.6 Å². The number of nitrogens with one attached hydrogen (secondary N) is 1. The van der Waals surface area contributed by atoms with Gasteiger partial charge in [-0.05, 0) is 55.3 Å². The molecule has 1 amide bonds. The maximum atomic E-state index is 13.4. The van der Waals surface area contributed by atoms with Crippen LogP contribution in [0.3, 0.4) is 0 Å². The summed E-state index contributed by atoms with van der Waals surface area (Å²) in [6, 6.07) is 11.7. The van der Waals surface area contributed by atoms with Gasteiger partial charge in [-0.1, -0.05) is 0 Å². The van der Waals surface area contributed by atoms with Crippen LogP contribution in [0.5, 0.6) is 11.5 Å². The monoisotopic (exact) mass is 486 g/mol. The van der Waals surface area contributed by atoms with Crippen LogP contribution in [-0.4, -0.2) is 56.1 Å². The van der Waals surface area contributed by atoms with Crippen molar-refractivity contribution in [2.75, 3.05) is 32.6 Å². The number of amides is 1. The number of nitrogens with zero attached hydrogens (tertiary/aromatic N) is 3. The summed E-state index contributed by atoms with van der Waals surface area (Å²) >= 11 is 0. The van der Waals surface area contributed by atoms with E-state index in [9.17, 15) is 13.2 Å². The molecule has 0 bridgehead atoms. The van der Waals surface area contributed by atoms with Gasteiger partial charge >= 0.3 is 0 Å². The Morgan fingerprint density at radius 1 is 1.12 bits per heavy atom. The summed E-state index contributed by atoms with van der Waals surface area (Å²) in [6.45, 7) is 1.94. The van der Waals surface area contributed by atoms with Crippen LogP contribution >= 0.6 is 0 Å². The van der Waals surface area contributed by atoms with Crippen molar-refractivity contribution in [1.82, 2.24) is 14.5 Å². The predicted molar refractivity (Wildman–Crippen MR) is 124 cm³/mol. The van der Waals surface area contributed by atoms with Crippen molar-refractivity contribution in [3.8, 4) is 23.0 Å². The molecule has 1 aliphatic heterocycles. The van der Waals surface area contributed by atoms with Crippen LogP contribution in [0.15, 0.2) is 51.8 Å². The second kappa shape index (κ2) is 9.82. The number of anilines is 1. The largest absolute Gasteiger partial charge is 0.497 e. The summed E-state index contributed by atoms with van der Waals surface area (Å²) in [7, 11) is -0.771. The zero-order valence-corrected chi connectivity index (χ0v) is 20.0. The molecular formula is C23H26N4O6S. The second-order valence-electron chi connectivity index (χ2n) is 7.92. The Balaban J connectivity index is 1.54. The van der Waals surface area contributed by atoms with E-state index >= 15 is 0 Å². The van der Waals surface area contributed by atoms with E-state index in [0.29, 0.717) is 36.2 Å². The smallest absolute Gasteiger partial charge is 0.247 e. The number of hydrogen-bond donors (Lipinski definition) is 1. The lowest BCUT2D eigenvalue weighted by atomic mass is 10.00. The third-order valence-corrected chi connectivity index (χ3v) is 7.49. The Morgan fingerprint density at radius 3 is 2.56 bits per heavy atom. The van der Waals surface area contributed by atoms with Gasteiger partial charge in [-0.2, -0.15) is 4.31 Å². The summed E-state index contributed by atoms with van der Waals surface area (Å²) in [4.78, 5) is 11.6. The molecule has 1 saturated heterocycles. The normalized spacial score (nSPS) is 16.7. The minimum absolute atomic E-state index is 0.0714. The average Bonchev–Trinajstić information content (AvgIpc) is 3.34. The van der Waals surface area contributed by atoms with Crippen molar-refractivity contribution in [3.63, 3.8) is 0 Å². The van der Waals surface area contributed by atoms with Crippen molar-refractivity contribution < 1.29 is 27.1 Å². The van der Waals surface area contributed by atoms with Crippen molar-refractivity contribution in [2.45, 2.75) is 30.6 Å². The SMILES string of the molecule is COc1ccc(-c2nnc(C3CCCN(S(=O)(=O)c4ccc(OC)c(NC(C)=O)c4)C3)o2)cc1. The molecule has 34 heavy (non-hydrogen) atoms. The van der Waals surface area contributed by atoms with Crippen molar-refractivity contribution in [2.24, 2.45) is 0 Å². The van der Waals surface area contributed by atoms with E-state index in [4.69, 9.17) is 13.9 Å². The Hall–Kier alpha value is -3.44. The second-order valence-corrected chi connectivity index (χ2v) is 9.86. The lowest BCUT2D eigenvalue weighted by Gasteiger charge is -2.30. The number of sulfonamides is 1. The number of benzene rings is 2. The molecule has 0 aliphatic carbocycles. The summed E-state index contributed by atoms with van der Waals surface area (Å²) in [5.74, 6) is 1.32. The molecule has 1 aromatic heterocycles. The number of methoxy groups -OCH3 is 2. The summed E-state index contributed by atoms with van der Waals surface area (Å²) in [6.07, 6.45) is 1.38. The van der Waals surface area contributed by atoms with Gasteiger partial charge < -0.3 is 19.2 Å². The van der Waals surface area contributed by atoms with E-state index in [-0.39, 0.29) is 23.3 Å². The van der Waals surface area contributed by atoms with E-state index in [1.54, 1.807) is 19.2 Å². The molecular weight excluding hydrogens is 460 g/mol. The van der Waals surface area contributed by atoms with Crippen molar-refractivity contribution in [1.29, 1.82) is 0 Å². The first kappa shape index (κ1) is 23.7. The van der Waals surface area contributed by atoms with Crippen LogP contribution in [0.2, 0.25) is 0 Å². The molecule has 3 aromatic rings. The molecule has 0 saturated carbocycles. The maximum Gasteiger partial charge on any atom is 0.247 e. The number of ether oxygens (including phenoxy) is 2. The van der Waals surface area contributed by atoms with Crippen LogP contribution in [0, 0.1) is 0 Å². The molecule has 1 atom stereocenters. The van der Waals surface area contributed by atoms with E-state index in [2.05, 4.69) is 15.5 Å². The number of rotatable bonds is 7. The molecule has 1 unspecified atom stereocenters.